The number of piperidine rings is 1. The molecule has 1 amide bonds. The molecule has 2 aliphatic heterocycles. The van der Waals surface area contributed by atoms with Gasteiger partial charge in [-0.2, -0.15) is 0 Å². The van der Waals surface area contributed by atoms with Crippen molar-refractivity contribution in [2.24, 2.45) is 4.99 Å². The number of carbonyl (C=O) groups excluding carboxylic acids is 1. The Kier molecular flexibility index (Phi) is 8.21. The van der Waals surface area contributed by atoms with Crippen molar-refractivity contribution in [2.45, 2.75) is 39.0 Å². The van der Waals surface area contributed by atoms with Gasteiger partial charge in [-0.25, -0.2) is 0 Å². The fraction of sp³-hybridized carbons (Fsp3) is 0.714. The second-order valence-corrected chi connectivity index (χ2v) is 7.67. The Hall–Kier alpha value is -2.02. The molecule has 1 aromatic rings. The standard InChI is InChI=1S/C21H35N5O2/c1-2-9-22-21(23-10-8-19-7-6-17-28-19)26-15-13-24(14-16-26)18-20(27)25-11-4-3-5-12-25/h6-7,17H,2-5,8-16,18H2,1H3,(H,22,23). The number of piperazine rings is 1. The smallest absolute Gasteiger partial charge is 0.236 e. The summed E-state index contributed by atoms with van der Waals surface area (Å²) in [4.78, 5) is 23.9. The average molecular weight is 390 g/mol. The van der Waals surface area contributed by atoms with Crippen molar-refractivity contribution in [1.82, 2.24) is 20.0 Å². The van der Waals surface area contributed by atoms with Gasteiger partial charge in [0.2, 0.25) is 5.91 Å². The van der Waals surface area contributed by atoms with Gasteiger partial charge in [0.05, 0.1) is 12.8 Å². The summed E-state index contributed by atoms with van der Waals surface area (Å²) in [5.41, 5.74) is 0. The minimum Gasteiger partial charge on any atom is -0.469 e. The first-order valence-corrected chi connectivity index (χ1v) is 10.8. The molecule has 2 saturated heterocycles. The molecule has 3 heterocycles. The molecule has 1 N–H and O–H groups in total. The Morgan fingerprint density at radius 1 is 1.11 bits per heavy atom. The summed E-state index contributed by atoms with van der Waals surface area (Å²) < 4.78 is 5.41. The van der Waals surface area contributed by atoms with E-state index in [1.54, 1.807) is 6.26 Å². The molecule has 2 fully saturated rings. The predicted octanol–water partition coefficient (Wildman–Crippen LogP) is 1.81. The summed E-state index contributed by atoms with van der Waals surface area (Å²) in [6.45, 7) is 9.84. The number of nitrogens with one attached hydrogen (secondary N) is 1. The first-order valence-electron chi connectivity index (χ1n) is 10.8. The Morgan fingerprint density at radius 2 is 1.89 bits per heavy atom. The lowest BCUT2D eigenvalue weighted by molar-refractivity contribution is -0.133. The molecule has 3 rings (SSSR count). The Morgan fingerprint density at radius 3 is 2.57 bits per heavy atom. The van der Waals surface area contributed by atoms with Gasteiger partial charge < -0.3 is 19.5 Å². The summed E-state index contributed by atoms with van der Waals surface area (Å²) >= 11 is 0. The first kappa shape index (κ1) is 20.7. The average Bonchev–Trinajstić information content (AvgIpc) is 3.25. The zero-order valence-electron chi connectivity index (χ0n) is 17.2. The van der Waals surface area contributed by atoms with Gasteiger partial charge in [-0.1, -0.05) is 6.92 Å². The predicted molar refractivity (Wildman–Crippen MR) is 111 cm³/mol. The summed E-state index contributed by atoms with van der Waals surface area (Å²) in [5, 5.41) is 3.49. The van der Waals surface area contributed by atoms with E-state index in [4.69, 9.17) is 9.41 Å². The third kappa shape index (κ3) is 6.26. The monoisotopic (exact) mass is 389 g/mol. The lowest BCUT2D eigenvalue weighted by atomic mass is 10.1. The number of amides is 1. The SMILES string of the molecule is CCCN=C(NCCc1ccco1)N1CCN(CC(=O)N2CCCCC2)CC1. The van der Waals surface area contributed by atoms with Gasteiger partial charge in [0.25, 0.3) is 0 Å². The molecule has 0 spiro atoms. The minimum absolute atomic E-state index is 0.296. The van der Waals surface area contributed by atoms with E-state index in [0.29, 0.717) is 12.5 Å². The molecule has 1 aromatic heterocycles. The van der Waals surface area contributed by atoms with Crippen LogP contribution < -0.4 is 5.32 Å². The highest BCUT2D eigenvalue weighted by Crippen LogP contribution is 2.10. The van der Waals surface area contributed by atoms with Crippen LogP contribution in [-0.4, -0.2) is 85.5 Å². The van der Waals surface area contributed by atoms with Crippen LogP contribution in [0.25, 0.3) is 0 Å². The van der Waals surface area contributed by atoms with Crippen LogP contribution in [0.3, 0.4) is 0 Å². The van der Waals surface area contributed by atoms with Crippen molar-refractivity contribution in [3.8, 4) is 0 Å². The number of likely N-dealkylation sites (tertiary alicyclic amines) is 1. The molecule has 0 aromatic carbocycles. The van der Waals surface area contributed by atoms with Gasteiger partial charge in [-0.05, 0) is 37.8 Å². The Labute approximate surface area is 168 Å². The molecule has 156 valence electrons. The molecule has 7 nitrogen and oxygen atoms in total. The topological polar surface area (TPSA) is 64.3 Å². The molecule has 2 aliphatic rings. The quantitative estimate of drug-likeness (QED) is 0.569. The minimum atomic E-state index is 0.296. The van der Waals surface area contributed by atoms with Crippen LogP contribution in [0.5, 0.6) is 0 Å². The van der Waals surface area contributed by atoms with Crippen molar-refractivity contribution >= 4 is 11.9 Å². The van der Waals surface area contributed by atoms with Crippen LogP contribution in [0.4, 0.5) is 0 Å². The van der Waals surface area contributed by atoms with E-state index >= 15 is 0 Å². The van der Waals surface area contributed by atoms with Gasteiger partial charge in [-0.15, -0.1) is 0 Å². The van der Waals surface area contributed by atoms with E-state index in [1.807, 2.05) is 17.0 Å². The number of aliphatic imine (C=N–C) groups is 1. The number of furan rings is 1. The number of guanidine groups is 1. The summed E-state index contributed by atoms with van der Waals surface area (Å²) in [7, 11) is 0. The normalized spacial score (nSPS) is 19.1. The summed E-state index contributed by atoms with van der Waals surface area (Å²) in [6, 6.07) is 3.93. The van der Waals surface area contributed by atoms with Gasteiger partial charge in [0, 0.05) is 58.8 Å². The van der Waals surface area contributed by atoms with E-state index in [9.17, 15) is 4.79 Å². The van der Waals surface area contributed by atoms with Crippen LogP contribution in [0.1, 0.15) is 38.4 Å². The lowest BCUT2D eigenvalue weighted by Gasteiger charge is -2.37. The highest BCUT2D eigenvalue weighted by Gasteiger charge is 2.24. The molecular formula is C21H35N5O2. The van der Waals surface area contributed by atoms with E-state index in [1.165, 1.54) is 6.42 Å². The number of nitrogens with zero attached hydrogens (tertiary/aromatic N) is 4. The highest BCUT2D eigenvalue weighted by molar-refractivity contribution is 5.80. The van der Waals surface area contributed by atoms with E-state index in [0.717, 1.165) is 89.8 Å². The van der Waals surface area contributed by atoms with E-state index in [-0.39, 0.29) is 0 Å². The van der Waals surface area contributed by atoms with Gasteiger partial charge in [-0.3, -0.25) is 14.7 Å². The fourth-order valence-corrected chi connectivity index (χ4v) is 3.79. The highest BCUT2D eigenvalue weighted by atomic mass is 16.3. The summed E-state index contributed by atoms with van der Waals surface area (Å²) in [5.74, 6) is 2.27. The zero-order chi connectivity index (χ0) is 19.6. The molecule has 0 aliphatic carbocycles. The number of hydrogen-bond donors (Lipinski definition) is 1. The fourth-order valence-electron chi connectivity index (χ4n) is 3.79. The molecule has 0 atom stereocenters. The maximum Gasteiger partial charge on any atom is 0.236 e. The third-order valence-electron chi connectivity index (χ3n) is 5.46. The largest absolute Gasteiger partial charge is 0.469 e. The zero-order valence-corrected chi connectivity index (χ0v) is 17.2. The molecule has 0 unspecified atom stereocenters. The first-order chi connectivity index (χ1) is 13.8. The Bertz CT molecular complexity index is 602. The maximum atomic E-state index is 12.5. The van der Waals surface area contributed by atoms with Crippen LogP contribution in [0.15, 0.2) is 27.8 Å². The third-order valence-corrected chi connectivity index (χ3v) is 5.46. The van der Waals surface area contributed by atoms with Crippen LogP contribution in [0, 0.1) is 0 Å². The molecule has 0 saturated carbocycles. The van der Waals surface area contributed by atoms with Crippen molar-refractivity contribution < 1.29 is 9.21 Å². The molecule has 28 heavy (non-hydrogen) atoms. The maximum absolute atomic E-state index is 12.5. The van der Waals surface area contributed by atoms with Gasteiger partial charge >= 0.3 is 0 Å². The number of hydrogen-bond acceptors (Lipinski definition) is 4. The number of carbonyl (C=O) groups is 1. The molecular weight excluding hydrogens is 354 g/mol. The van der Waals surface area contributed by atoms with Crippen molar-refractivity contribution in [3.05, 3.63) is 24.2 Å². The molecule has 7 heteroatoms. The van der Waals surface area contributed by atoms with Crippen molar-refractivity contribution in [1.29, 1.82) is 0 Å². The Balaban J connectivity index is 1.43. The van der Waals surface area contributed by atoms with Crippen LogP contribution >= 0.6 is 0 Å². The van der Waals surface area contributed by atoms with Gasteiger partial charge in [0.15, 0.2) is 5.96 Å². The lowest BCUT2D eigenvalue weighted by Crippen LogP contribution is -2.54. The second kappa shape index (κ2) is 11.1. The van der Waals surface area contributed by atoms with Crippen LogP contribution in [-0.2, 0) is 11.2 Å². The van der Waals surface area contributed by atoms with Crippen LogP contribution in [0.2, 0.25) is 0 Å². The second-order valence-electron chi connectivity index (χ2n) is 7.67. The van der Waals surface area contributed by atoms with E-state index in [2.05, 4.69) is 22.0 Å². The van der Waals surface area contributed by atoms with E-state index < -0.39 is 0 Å². The van der Waals surface area contributed by atoms with Gasteiger partial charge in [0.1, 0.15) is 5.76 Å². The molecule has 0 bridgehead atoms. The van der Waals surface area contributed by atoms with Crippen molar-refractivity contribution in [2.75, 3.05) is 58.9 Å². The molecule has 0 radical (unpaired) electrons. The number of rotatable bonds is 7. The van der Waals surface area contributed by atoms with Crippen molar-refractivity contribution in [3.63, 3.8) is 0 Å². The summed E-state index contributed by atoms with van der Waals surface area (Å²) in [6.07, 6.45) is 7.16.